The van der Waals surface area contributed by atoms with Crippen molar-refractivity contribution in [3.8, 4) is 0 Å². The molecule has 0 bridgehead atoms. The van der Waals surface area contributed by atoms with Crippen LogP contribution in [0.15, 0.2) is 63.6 Å². The van der Waals surface area contributed by atoms with E-state index in [4.69, 9.17) is 5.73 Å². The molecule has 0 unspecified atom stereocenters. The van der Waals surface area contributed by atoms with Crippen molar-refractivity contribution in [3.05, 3.63) is 69.0 Å². The van der Waals surface area contributed by atoms with Gasteiger partial charge < -0.3 is 5.73 Å². The zero-order valence-corrected chi connectivity index (χ0v) is 13.2. The molecule has 0 spiro atoms. The maximum Gasteiger partial charge on any atom is 0.282 e. The second-order valence-electron chi connectivity index (χ2n) is 5.42. The molecular formula is C16H11N7O3. The summed E-state index contributed by atoms with van der Waals surface area (Å²) in [5.74, 6) is 0.408. The van der Waals surface area contributed by atoms with Gasteiger partial charge in [0.25, 0.3) is 11.2 Å². The molecule has 0 amide bonds. The van der Waals surface area contributed by atoms with Crippen molar-refractivity contribution in [3.63, 3.8) is 0 Å². The van der Waals surface area contributed by atoms with E-state index in [0.29, 0.717) is 17.0 Å². The van der Waals surface area contributed by atoms with Crippen molar-refractivity contribution in [1.29, 1.82) is 0 Å². The number of nitrogens with two attached hydrogens (primary N) is 1. The van der Waals surface area contributed by atoms with Gasteiger partial charge in [-0.25, -0.2) is 4.98 Å². The Labute approximate surface area is 144 Å². The van der Waals surface area contributed by atoms with Crippen LogP contribution < -0.4 is 11.3 Å². The van der Waals surface area contributed by atoms with Gasteiger partial charge in [-0.3, -0.25) is 24.3 Å². The highest BCUT2D eigenvalue weighted by Gasteiger charge is 2.14. The molecule has 10 heteroatoms. The first-order valence-electron chi connectivity index (χ1n) is 7.50. The summed E-state index contributed by atoms with van der Waals surface area (Å²) in [6.07, 6.45) is 0. The van der Waals surface area contributed by atoms with E-state index in [2.05, 4.69) is 20.2 Å². The summed E-state index contributed by atoms with van der Waals surface area (Å²) in [5.41, 5.74) is 7.21. The Kier molecular flexibility index (Phi) is 3.43. The molecule has 4 aromatic rings. The van der Waals surface area contributed by atoms with Gasteiger partial charge in [0.05, 0.1) is 21.6 Å². The van der Waals surface area contributed by atoms with Crippen LogP contribution in [0, 0.1) is 10.1 Å². The molecule has 0 saturated heterocycles. The SMILES string of the molecule is Nc1c(N=Nc2ccc([N+](=O)[O-])cc2)c(=O)[nH]c2nc3ccccc3n12. The van der Waals surface area contributed by atoms with E-state index in [9.17, 15) is 14.9 Å². The average Bonchev–Trinajstić information content (AvgIpc) is 3.00. The smallest absolute Gasteiger partial charge is 0.282 e. The summed E-state index contributed by atoms with van der Waals surface area (Å²) in [6, 6.07) is 12.7. The number of rotatable bonds is 3. The van der Waals surface area contributed by atoms with Gasteiger partial charge in [0, 0.05) is 12.1 Å². The molecule has 3 N–H and O–H groups in total. The van der Waals surface area contributed by atoms with Crippen molar-refractivity contribution >= 4 is 39.7 Å². The monoisotopic (exact) mass is 349 g/mol. The molecule has 2 aromatic carbocycles. The number of hydrogen-bond donors (Lipinski definition) is 2. The van der Waals surface area contributed by atoms with Gasteiger partial charge in [0.1, 0.15) is 5.82 Å². The molecule has 26 heavy (non-hydrogen) atoms. The standard InChI is InChI=1S/C16H11N7O3/c17-14-13(21-20-9-5-7-10(8-6-9)23(25)26)15(24)19-16-18-11-3-1-2-4-12(11)22(14)16/h1-8H,17H2,(H,18,19,24). The summed E-state index contributed by atoms with van der Waals surface area (Å²) in [5, 5.41) is 18.5. The Hall–Kier alpha value is -4.08. The lowest BCUT2D eigenvalue weighted by Crippen LogP contribution is -2.12. The number of H-pyrrole nitrogens is 1. The fourth-order valence-electron chi connectivity index (χ4n) is 2.58. The van der Waals surface area contributed by atoms with E-state index < -0.39 is 10.5 Å². The number of nitrogens with one attached hydrogen (secondary N) is 1. The van der Waals surface area contributed by atoms with Crippen molar-refractivity contribution in [2.24, 2.45) is 10.2 Å². The number of nitro groups is 1. The Bertz CT molecular complexity index is 1240. The molecule has 2 aromatic heterocycles. The largest absolute Gasteiger partial charge is 0.383 e. The third kappa shape index (κ3) is 2.45. The third-order valence-electron chi connectivity index (χ3n) is 3.81. The predicted molar refractivity (Wildman–Crippen MR) is 95.0 cm³/mol. The van der Waals surface area contributed by atoms with Crippen LogP contribution in [0.5, 0.6) is 0 Å². The summed E-state index contributed by atoms with van der Waals surface area (Å²) in [4.78, 5) is 29.4. The highest BCUT2D eigenvalue weighted by atomic mass is 16.6. The van der Waals surface area contributed by atoms with Crippen molar-refractivity contribution in [2.75, 3.05) is 5.73 Å². The molecule has 0 fully saturated rings. The van der Waals surface area contributed by atoms with E-state index >= 15 is 0 Å². The van der Waals surface area contributed by atoms with E-state index in [1.54, 1.807) is 10.5 Å². The molecule has 128 valence electrons. The zero-order chi connectivity index (χ0) is 18.3. The quantitative estimate of drug-likeness (QED) is 0.332. The van der Waals surface area contributed by atoms with Crippen molar-refractivity contribution in [2.45, 2.75) is 0 Å². The lowest BCUT2D eigenvalue weighted by atomic mass is 10.3. The number of anilines is 1. The van der Waals surface area contributed by atoms with Crippen LogP contribution >= 0.6 is 0 Å². The molecule has 0 aliphatic carbocycles. The Morgan fingerprint density at radius 2 is 1.85 bits per heavy atom. The lowest BCUT2D eigenvalue weighted by molar-refractivity contribution is -0.384. The maximum absolute atomic E-state index is 12.3. The van der Waals surface area contributed by atoms with Gasteiger partial charge in [-0.2, -0.15) is 5.11 Å². The van der Waals surface area contributed by atoms with Crippen LogP contribution in [0.25, 0.3) is 16.8 Å². The number of azo groups is 1. The first kappa shape index (κ1) is 15.4. The number of non-ortho nitro benzene ring substituents is 1. The third-order valence-corrected chi connectivity index (χ3v) is 3.81. The van der Waals surface area contributed by atoms with Gasteiger partial charge in [-0.15, -0.1) is 5.11 Å². The normalized spacial score (nSPS) is 11.5. The number of hydrogen-bond acceptors (Lipinski definition) is 7. The summed E-state index contributed by atoms with van der Waals surface area (Å²) in [7, 11) is 0. The molecule has 0 aliphatic heterocycles. The Morgan fingerprint density at radius 3 is 2.58 bits per heavy atom. The van der Waals surface area contributed by atoms with E-state index in [-0.39, 0.29) is 17.2 Å². The topological polar surface area (TPSA) is 144 Å². The van der Waals surface area contributed by atoms with Crippen molar-refractivity contribution in [1.82, 2.24) is 14.4 Å². The fraction of sp³-hybridized carbons (Fsp3) is 0. The predicted octanol–water partition coefficient (Wildman–Crippen LogP) is 3.08. The summed E-state index contributed by atoms with van der Waals surface area (Å²) in [6.45, 7) is 0. The Balaban J connectivity index is 1.82. The minimum absolute atomic E-state index is 0.0624. The van der Waals surface area contributed by atoms with Gasteiger partial charge >= 0.3 is 0 Å². The van der Waals surface area contributed by atoms with Crippen LogP contribution in [-0.4, -0.2) is 19.3 Å². The van der Waals surface area contributed by atoms with Crippen LogP contribution in [0.2, 0.25) is 0 Å². The van der Waals surface area contributed by atoms with Gasteiger partial charge in [-0.05, 0) is 24.3 Å². The van der Waals surface area contributed by atoms with Gasteiger partial charge in [0.2, 0.25) is 5.78 Å². The lowest BCUT2D eigenvalue weighted by Gasteiger charge is -2.03. The van der Waals surface area contributed by atoms with Gasteiger partial charge in [0.15, 0.2) is 5.69 Å². The van der Waals surface area contributed by atoms with E-state index in [1.165, 1.54) is 24.3 Å². The summed E-state index contributed by atoms with van der Waals surface area (Å²) < 4.78 is 1.58. The maximum atomic E-state index is 12.3. The molecule has 0 atom stereocenters. The van der Waals surface area contributed by atoms with Crippen molar-refractivity contribution < 1.29 is 4.92 Å². The molecule has 0 aliphatic rings. The zero-order valence-electron chi connectivity index (χ0n) is 13.2. The summed E-state index contributed by atoms with van der Waals surface area (Å²) >= 11 is 0. The number of benzene rings is 2. The molecule has 10 nitrogen and oxygen atoms in total. The van der Waals surface area contributed by atoms with Crippen LogP contribution in [-0.2, 0) is 0 Å². The molecule has 0 saturated carbocycles. The minimum Gasteiger partial charge on any atom is -0.383 e. The molecule has 2 heterocycles. The first-order valence-corrected chi connectivity index (χ1v) is 7.50. The highest BCUT2D eigenvalue weighted by molar-refractivity contribution is 5.82. The van der Waals surface area contributed by atoms with Crippen LogP contribution in [0.4, 0.5) is 22.9 Å². The van der Waals surface area contributed by atoms with E-state index in [0.717, 1.165) is 5.52 Å². The average molecular weight is 349 g/mol. The fourth-order valence-corrected chi connectivity index (χ4v) is 2.58. The second kappa shape index (κ2) is 5.77. The first-order chi connectivity index (χ1) is 12.5. The Morgan fingerprint density at radius 1 is 1.12 bits per heavy atom. The number of para-hydroxylation sites is 2. The van der Waals surface area contributed by atoms with Crippen LogP contribution in [0.1, 0.15) is 0 Å². The number of aromatic amines is 1. The number of nitrogen functional groups attached to an aromatic ring is 1. The number of nitrogens with zero attached hydrogens (tertiary/aromatic N) is 5. The number of nitro benzene ring substituents is 1. The van der Waals surface area contributed by atoms with Crippen LogP contribution in [0.3, 0.4) is 0 Å². The molecule has 0 radical (unpaired) electrons. The number of aromatic nitrogens is 3. The molecule has 4 rings (SSSR count). The minimum atomic E-state index is -0.532. The molecular weight excluding hydrogens is 338 g/mol. The number of imidazole rings is 1. The second-order valence-corrected chi connectivity index (χ2v) is 5.42. The highest BCUT2D eigenvalue weighted by Crippen LogP contribution is 2.25. The van der Waals surface area contributed by atoms with E-state index in [1.807, 2.05) is 18.2 Å². The van der Waals surface area contributed by atoms with Gasteiger partial charge in [-0.1, -0.05) is 12.1 Å². The number of fused-ring (bicyclic) bond motifs is 3.